The third kappa shape index (κ3) is 2.07. The molecule has 1 heterocycles. The molecule has 0 aromatic rings. The first kappa shape index (κ1) is 8.31. The van der Waals surface area contributed by atoms with Crippen LogP contribution in [0.4, 0.5) is 0 Å². The average molecular weight is 154 g/mol. The Morgan fingerprint density at radius 1 is 1.64 bits per heavy atom. The second-order valence-electron chi connectivity index (χ2n) is 3.23. The Morgan fingerprint density at radius 3 is 2.64 bits per heavy atom. The molecule has 1 aliphatic heterocycles. The summed E-state index contributed by atoms with van der Waals surface area (Å²) in [5.74, 6) is 1.46. The minimum atomic E-state index is 0.0706. The van der Waals surface area contributed by atoms with Gasteiger partial charge in [-0.3, -0.25) is 4.79 Å². The molecule has 1 aliphatic rings. The fourth-order valence-corrected chi connectivity index (χ4v) is 1.21. The molecule has 0 spiro atoms. The average Bonchev–Trinajstić information content (AvgIpc) is 2.10. The van der Waals surface area contributed by atoms with Gasteiger partial charge in [0.25, 0.3) is 0 Å². The van der Waals surface area contributed by atoms with Crippen molar-refractivity contribution in [3.63, 3.8) is 0 Å². The standard InChI is InChI=1S/C9H14O2/c1-6-4-9(5-7(2)10)11-8(6)3/h5-6,8H,4H2,1-3H3/b9-5-/t6-,8-/m0/s1. The maximum Gasteiger partial charge on any atom is 0.155 e. The normalized spacial score (nSPS) is 33.9. The van der Waals surface area contributed by atoms with Crippen LogP contribution in [0, 0.1) is 5.92 Å². The third-order valence-corrected chi connectivity index (χ3v) is 2.03. The smallest absolute Gasteiger partial charge is 0.155 e. The topological polar surface area (TPSA) is 26.3 Å². The van der Waals surface area contributed by atoms with Crippen LogP contribution in [-0.4, -0.2) is 11.9 Å². The molecule has 2 heteroatoms. The molecule has 0 aliphatic carbocycles. The van der Waals surface area contributed by atoms with Gasteiger partial charge in [0.2, 0.25) is 0 Å². The third-order valence-electron chi connectivity index (χ3n) is 2.03. The van der Waals surface area contributed by atoms with Gasteiger partial charge in [0, 0.05) is 12.5 Å². The molecule has 1 fully saturated rings. The molecule has 0 radical (unpaired) electrons. The summed E-state index contributed by atoms with van der Waals surface area (Å²) in [5, 5.41) is 0. The van der Waals surface area contributed by atoms with E-state index in [0.29, 0.717) is 5.92 Å². The predicted molar refractivity (Wildman–Crippen MR) is 43.1 cm³/mol. The van der Waals surface area contributed by atoms with Crippen molar-refractivity contribution in [3.8, 4) is 0 Å². The highest BCUT2D eigenvalue weighted by Gasteiger charge is 2.24. The summed E-state index contributed by atoms with van der Waals surface area (Å²) in [5.41, 5.74) is 0. The molecule has 0 saturated carbocycles. The van der Waals surface area contributed by atoms with E-state index in [4.69, 9.17) is 4.74 Å². The first-order chi connectivity index (χ1) is 5.09. The van der Waals surface area contributed by atoms with Gasteiger partial charge in [-0.2, -0.15) is 0 Å². The van der Waals surface area contributed by atoms with E-state index in [9.17, 15) is 4.79 Å². The van der Waals surface area contributed by atoms with Crippen molar-refractivity contribution in [2.24, 2.45) is 5.92 Å². The summed E-state index contributed by atoms with van der Waals surface area (Å²) in [6.45, 7) is 5.71. The first-order valence-electron chi connectivity index (χ1n) is 3.97. The predicted octanol–water partition coefficient (Wildman–Crippen LogP) is 1.90. The van der Waals surface area contributed by atoms with Crippen molar-refractivity contribution in [2.45, 2.75) is 33.3 Å². The molecule has 2 nitrogen and oxygen atoms in total. The summed E-state index contributed by atoms with van der Waals surface area (Å²) in [6, 6.07) is 0. The Bertz CT molecular complexity index is 182. The number of ether oxygens (including phenoxy) is 1. The molecule has 62 valence electrons. The summed E-state index contributed by atoms with van der Waals surface area (Å²) in [7, 11) is 0. The second kappa shape index (κ2) is 3.07. The Balaban J connectivity index is 2.60. The van der Waals surface area contributed by atoms with Crippen LogP contribution in [0.3, 0.4) is 0 Å². The van der Waals surface area contributed by atoms with Gasteiger partial charge in [-0.25, -0.2) is 0 Å². The zero-order valence-electron chi connectivity index (χ0n) is 7.26. The maximum atomic E-state index is 10.7. The highest BCUT2D eigenvalue weighted by Crippen LogP contribution is 2.28. The number of hydrogen-bond acceptors (Lipinski definition) is 2. The summed E-state index contributed by atoms with van der Waals surface area (Å²) >= 11 is 0. The zero-order chi connectivity index (χ0) is 8.43. The zero-order valence-corrected chi connectivity index (χ0v) is 7.26. The highest BCUT2D eigenvalue weighted by atomic mass is 16.5. The number of allylic oxidation sites excluding steroid dienone is 2. The summed E-state index contributed by atoms with van der Waals surface area (Å²) in [6.07, 6.45) is 2.75. The number of carbonyl (C=O) groups is 1. The van der Waals surface area contributed by atoms with E-state index >= 15 is 0 Å². The lowest BCUT2D eigenvalue weighted by Crippen LogP contribution is -2.05. The minimum absolute atomic E-state index is 0.0706. The van der Waals surface area contributed by atoms with E-state index in [-0.39, 0.29) is 11.9 Å². The van der Waals surface area contributed by atoms with Crippen molar-refractivity contribution >= 4 is 5.78 Å². The van der Waals surface area contributed by atoms with Gasteiger partial charge in [-0.15, -0.1) is 0 Å². The van der Waals surface area contributed by atoms with Gasteiger partial charge >= 0.3 is 0 Å². The summed E-state index contributed by atoms with van der Waals surface area (Å²) < 4.78 is 5.42. The van der Waals surface area contributed by atoms with Crippen LogP contribution >= 0.6 is 0 Å². The van der Waals surface area contributed by atoms with E-state index < -0.39 is 0 Å². The summed E-state index contributed by atoms with van der Waals surface area (Å²) in [4.78, 5) is 10.7. The highest BCUT2D eigenvalue weighted by molar-refractivity contribution is 5.87. The van der Waals surface area contributed by atoms with Gasteiger partial charge in [0.05, 0.1) is 6.10 Å². The molecule has 1 saturated heterocycles. The Morgan fingerprint density at radius 2 is 2.27 bits per heavy atom. The van der Waals surface area contributed by atoms with Gasteiger partial charge in [-0.05, 0) is 19.8 Å². The van der Waals surface area contributed by atoms with E-state index in [1.807, 2.05) is 6.92 Å². The van der Waals surface area contributed by atoms with Crippen LogP contribution in [0.15, 0.2) is 11.8 Å². The number of carbonyl (C=O) groups excluding carboxylic acids is 1. The molecule has 0 amide bonds. The fraction of sp³-hybridized carbons (Fsp3) is 0.667. The van der Waals surface area contributed by atoms with Crippen LogP contribution in [0.5, 0.6) is 0 Å². The van der Waals surface area contributed by atoms with Crippen LogP contribution in [0.1, 0.15) is 27.2 Å². The van der Waals surface area contributed by atoms with Gasteiger partial charge < -0.3 is 4.74 Å². The van der Waals surface area contributed by atoms with Crippen molar-refractivity contribution in [1.29, 1.82) is 0 Å². The molecule has 0 aromatic heterocycles. The fourth-order valence-electron chi connectivity index (χ4n) is 1.21. The monoisotopic (exact) mass is 154 g/mol. The number of rotatable bonds is 1. The Hall–Kier alpha value is -0.790. The van der Waals surface area contributed by atoms with Crippen LogP contribution in [0.2, 0.25) is 0 Å². The molecule has 0 unspecified atom stereocenters. The quantitative estimate of drug-likeness (QED) is 0.539. The van der Waals surface area contributed by atoms with E-state index in [1.165, 1.54) is 0 Å². The molecular weight excluding hydrogens is 140 g/mol. The van der Waals surface area contributed by atoms with Gasteiger partial charge in [0.1, 0.15) is 5.76 Å². The molecule has 1 rings (SSSR count). The lowest BCUT2D eigenvalue weighted by Gasteiger charge is -2.05. The van der Waals surface area contributed by atoms with E-state index in [2.05, 4.69) is 6.92 Å². The molecule has 0 aromatic carbocycles. The molecular formula is C9H14O2. The van der Waals surface area contributed by atoms with Crippen LogP contribution in [0.25, 0.3) is 0 Å². The molecule has 0 bridgehead atoms. The first-order valence-corrected chi connectivity index (χ1v) is 3.97. The van der Waals surface area contributed by atoms with Crippen molar-refractivity contribution in [3.05, 3.63) is 11.8 Å². The number of hydrogen-bond donors (Lipinski definition) is 0. The van der Waals surface area contributed by atoms with E-state index in [0.717, 1.165) is 12.2 Å². The van der Waals surface area contributed by atoms with Gasteiger partial charge in [0.15, 0.2) is 5.78 Å². The van der Waals surface area contributed by atoms with Crippen molar-refractivity contribution in [1.82, 2.24) is 0 Å². The van der Waals surface area contributed by atoms with Gasteiger partial charge in [-0.1, -0.05) is 6.92 Å². The van der Waals surface area contributed by atoms with E-state index in [1.54, 1.807) is 13.0 Å². The van der Waals surface area contributed by atoms with Crippen LogP contribution in [-0.2, 0) is 9.53 Å². The Kier molecular flexibility index (Phi) is 2.32. The largest absolute Gasteiger partial charge is 0.495 e. The second-order valence-corrected chi connectivity index (χ2v) is 3.23. The molecule has 11 heavy (non-hydrogen) atoms. The van der Waals surface area contributed by atoms with Crippen molar-refractivity contribution < 1.29 is 9.53 Å². The lowest BCUT2D eigenvalue weighted by atomic mass is 10.0. The molecule has 2 atom stereocenters. The number of ketones is 1. The minimum Gasteiger partial charge on any atom is -0.495 e. The Labute approximate surface area is 67.2 Å². The SMILES string of the molecule is CC(=O)/C=C1/C[C@H](C)[C@H](C)O1. The lowest BCUT2D eigenvalue weighted by molar-refractivity contribution is -0.112. The maximum absolute atomic E-state index is 10.7. The van der Waals surface area contributed by atoms with Crippen LogP contribution < -0.4 is 0 Å². The van der Waals surface area contributed by atoms with Crippen molar-refractivity contribution in [2.75, 3.05) is 0 Å². The molecule has 0 N–H and O–H groups in total.